The first-order chi connectivity index (χ1) is 6.55. The highest BCUT2D eigenvalue weighted by atomic mass is 15.3. The minimum atomic E-state index is 0.351. The second-order valence-electron chi connectivity index (χ2n) is 4.83. The Morgan fingerprint density at radius 2 is 1.93 bits per heavy atom. The molecule has 1 aliphatic carbocycles. The van der Waals surface area contributed by atoms with Gasteiger partial charge in [-0.05, 0) is 40.4 Å². The van der Waals surface area contributed by atoms with E-state index >= 15 is 0 Å². The van der Waals surface area contributed by atoms with E-state index in [2.05, 4.69) is 37.7 Å². The summed E-state index contributed by atoms with van der Waals surface area (Å²) in [6.07, 6.45) is 2.57. The molecule has 0 aliphatic heterocycles. The van der Waals surface area contributed by atoms with Crippen molar-refractivity contribution in [3.05, 3.63) is 0 Å². The molecule has 1 rings (SSSR count). The lowest BCUT2D eigenvalue weighted by atomic mass is 10.1. The van der Waals surface area contributed by atoms with E-state index in [-0.39, 0.29) is 0 Å². The second kappa shape index (κ2) is 4.60. The minimum Gasteiger partial charge on any atom is -0.329 e. The van der Waals surface area contributed by atoms with Crippen molar-refractivity contribution in [3.8, 4) is 0 Å². The Morgan fingerprint density at radius 3 is 2.21 bits per heavy atom. The normalized spacial score (nSPS) is 21.6. The minimum absolute atomic E-state index is 0.351. The molecule has 2 N–H and O–H groups in total. The fraction of sp³-hybridized carbons (Fsp3) is 1.00. The molecule has 0 heterocycles. The van der Waals surface area contributed by atoms with Gasteiger partial charge in [0, 0.05) is 24.7 Å². The molecule has 0 spiro atoms. The van der Waals surface area contributed by atoms with Crippen molar-refractivity contribution in [2.24, 2.45) is 5.73 Å². The van der Waals surface area contributed by atoms with Gasteiger partial charge in [0.2, 0.25) is 0 Å². The summed E-state index contributed by atoms with van der Waals surface area (Å²) in [5.41, 5.74) is 6.21. The number of nitrogens with zero attached hydrogens (tertiary/aromatic N) is 2. The molecule has 14 heavy (non-hydrogen) atoms. The molecule has 1 fully saturated rings. The molecule has 0 radical (unpaired) electrons. The van der Waals surface area contributed by atoms with Crippen molar-refractivity contribution in [2.45, 2.75) is 38.3 Å². The van der Waals surface area contributed by atoms with Crippen molar-refractivity contribution < 1.29 is 0 Å². The van der Waals surface area contributed by atoms with Crippen molar-refractivity contribution in [3.63, 3.8) is 0 Å². The van der Waals surface area contributed by atoms with Crippen LogP contribution in [0.2, 0.25) is 0 Å². The van der Waals surface area contributed by atoms with Crippen molar-refractivity contribution in [1.82, 2.24) is 9.80 Å². The third-order valence-corrected chi connectivity index (χ3v) is 3.32. The molecule has 1 atom stereocenters. The third-order valence-electron chi connectivity index (χ3n) is 3.32. The zero-order valence-corrected chi connectivity index (χ0v) is 10.1. The molecule has 1 unspecified atom stereocenters. The van der Waals surface area contributed by atoms with E-state index in [0.717, 1.165) is 19.6 Å². The SMILES string of the molecule is CCN(C(C)CN(C)C)C1(CN)CC1. The zero-order chi connectivity index (χ0) is 10.8. The zero-order valence-electron chi connectivity index (χ0n) is 10.1. The first-order valence-corrected chi connectivity index (χ1v) is 5.67. The lowest BCUT2D eigenvalue weighted by Gasteiger charge is -2.36. The van der Waals surface area contributed by atoms with E-state index in [4.69, 9.17) is 5.73 Å². The molecule has 0 aromatic carbocycles. The Bertz CT molecular complexity index is 175. The predicted octanol–water partition coefficient (Wildman–Crippen LogP) is 0.750. The standard InChI is InChI=1S/C11H25N3/c1-5-14(10(2)8-13(3)4)11(9-12)6-7-11/h10H,5-9,12H2,1-4H3. The van der Waals surface area contributed by atoms with Gasteiger partial charge in [-0.3, -0.25) is 4.90 Å². The number of hydrogen-bond donors (Lipinski definition) is 1. The Hall–Kier alpha value is -0.120. The predicted molar refractivity (Wildman–Crippen MR) is 61.4 cm³/mol. The Kier molecular flexibility index (Phi) is 3.93. The maximum Gasteiger partial charge on any atom is 0.0336 e. The maximum atomic E-state index is 5.86. The molecular formula is C11H25N3. The van der Waals surface area contributed by atoms with Crippen LogP contribution in [0, 0.1) is 0 Å². The summed E-state index contributed by atoms with van der Waals surface area (Å²) in [5, 5.41) is 0. The van der Waals surface area contributed by atoms with Crippen molar-refractivity contribution in [2.75, 3.05) is 33.7 Å². The fourth-order valence-corrected chi connectivity index (χ4v) is 2.49. The fourth-order valence-electron chi connectivity index (χ4n) is 2.49. The molecule has 3 heteroatoms. The largest absolute Gasteiger partial charge is 0.329 e. The summed E-state index contributed by atoms with van der Waals surface area (Å²) in [5.74, 6) is 0. The number of hydrogen-bond acceptors (Lipinski definition) is 3. The smallest absolute Gasteiger partial charge is 0.0336 e. The maximum absolute atomic E-state index is 5.86. The van der Waals surface area contributed by atoms with Crippen molar-refractivity contribution >= 4 is 0 Å². The summed E-state index contributed by atoms with van der Waals surface area (Å²) in [7, 11) is 4.26. The van der Waals surface area contributed by atoms with Crippen LogP contribution < -0.4 is 5.73 Å². The van der Waals surface area contributed by atoms with Gasteiger partial charge in [-0.2, -0.15) is 0 Å². The highest BCUT2D eigenvalue weighted by Gasteiger charge is 2.47. The average molecular weight is 199 g/mol. The van der Waals surface area contributed by atoms with Gasteiger partial charge in [-0.1, -0.05) is 6.92 Å². The van der Waals surface area contributed by atoms with E-state index in [1.54, 1.807) is 0 Å². The van der Waals surface area contributed by atoms with Crippen LogP contribution in [-0.4, -0.2) is 55.1 Å². The molecule has 0 aromatic heterocycles. The average Bonchev–Trinajstić information content (AvgIpc) is 2.85. The third kappa shape index (κ3) is 2.47. The summed E-state index contributed by atoms with van der Waals surface area (Å²) in [6, 6.07) is 0.612. The molecular weight excluding hydrogens is 174 g/mol. The van der Waals surface area contributed by atoms with E-state index in [9.17, 15) is 0 Å². The highest BCUT2D eigenvalue weighted by Crippen LogP contribution is 2.41. The Balaban J connectivity index is 2.53. The summed E-state index contributed by atoms with van der Waals surface area (Å²) in [4.78, 5) is 4.83. The van der Waals surface area contributed by atoms with Gasteiger partial charge in [0.05, 0.1) is 0 Å². The Morgan fingerprint density at radius 1 is 1.36 bits per heavy atom. The van der Waals surface area contributed by atoms with Gasteiger partial charge < -0.3 is 10.6 Å². The van der Waals surface area contributed by atoms with E-state index in [0.29, 0.717) is 11.6 Å². The van der Waals surface area contributed by atoms with Crippen LogP contribution in [-0.2, 0) is 0 Å². The van der Waals surface area contributed by atoms with Crippen LogP contribution in [0.15, 0.2) is 0 Å². The first kappa shape index (κ1) is 12.0. The van der Waals surface area contributed by atoms with Gasteiger partial charge in [0.1, 0.15) is 0 Å². The molecule has 0 aromatic rings. The van der Waals surface area contributed by atoms with Crippen molar-refractivity contribution in [1.29, 1.82) is 0 Å². The topological polar surface area (TPSA) is 32.5 Å². The molecule has 1 aliphatic rings. The van der Waals surface area contributed by atoms with Crippen LogP contribution in [0.5, 0.6) is 0 Å². The summed E-state index contributed by atoms with van der Waals surface area (Å²) >= 11 is 0. The summed E-state index contributed by atoms with van der Waals surface area (Å²) < 4.78 is 0. The van der Waals surface area contributed by atoms with Crippen LogP contribution >= 0.6 is 0 Å². The van der Waals surface area contributed by atoms with E-state index in [1.807, 2.05) is 0 Å². The molecule has 0 amide bonds. The van der Waals surface area contributed by atoms with Crippen LogP contribution in [0.4, 0.5) is 0 Å². The summed E-state index contributed by atoms with van der Waals surface area (Å²) in [6.45, 7) is 7.60. The molecule has 0 bridgehead atoms. The van der Waals surface area contributed by atoms with Gasteiger partial charge in [0.25, 0.3) is 0 Å². The second-order valence-corrected chi connectivity index (χ2v) is 4.83. The lowest BCUT2D eigenvalue weighted by Crippen LogP contribution is -2.50. The number of nitrogens with two attached hydrogens (primary N) is 1. The molecule has 1 saturated carbocycles. The first-order valence-electron chi connectivity index (χ1n) is 5.67. The number of rotatable bonds is 6. The molecule has 0 saturated heterocycles. The molecule has 3 nitrogen and oxygen atoms in total. The molecule has 84 valence electrons. The van der Waals surface area contributed by atoms with Gasteiger partial charge in [-0.25, -0.2) is 0 Å². The van der Waals surface area contributed by atoms with E-state index < -0.39 is 0 Å². The van der Waals surface area contributed by atoms with Crippen LogP contribution in [0.3, 0.4) is 0 Å². The van der Waals surface area contributed by atoms with Crippen LogP contribution in [0.1, 0.15) is 26.7 Å². The monoisotopic (exact) mass is 199 g/mol. The number of likely N-dealkylation sites (N-methyl/N-ethyl adjacent to an activating group) is 2. The Labute approximate surface area is 88.2 Å². The van der Waals surface area contributed by atoms with E-state index in [1.165, 1.54) is 12.8 Å². The van der Waals surface area contributed by atoms with Crippen LogP contribution in [0.25, 0.3) is 0 Å². The lowest BCUT2D eigenvalue weighted by molar-refractivity contribution is 0.116. The van der Waals surface area contributed by atoms with Gasteiger partial charge in [-0.15, -0.1) is 0 Å². The van der Waals surface area contributed by atoms with Gasteiger partial charge >= 0.3 is 0 Å². The highest BCUT2D eigenvalue weighted by molar-refractivity contribution is 5.05. The quantitative estimate of drug-likeness (QED) is 0.685. The van der Waals surface area contributed by atoms with Gasteiger partial charge in [0.15, 0.2) is 0 Å².